The molecule has 1 aromatic rings. The van der Waals surface area contributed by atoms with Crippen LogP contribution in [0, 0.1) is 23.0 Å². The Morgan fingerprint density at radius 2 is 2.00 bits per heavy atom. The molecule has 0 spiro atoms. The fourth-order valence-corrected chi connectivity index (χ4v) is 2.12. The van der Waals surface area contributed by atoms with Gasteiger partial charge in [-0.3, -0.25) is 10.1 Å². The Morgan fingerprint density at radius 1 is 1.43 bits per heavy atom. The van der Waals surface area contributed by atoms with E-state index in [1.165, 1.54) is 4.68 Å². The van der Waals surface area contributed by atoms with Gasteiger partial charge >= 0.3 is 11.7 Å². The number of hydrogen-bond acceptors (Lipinski definition) is 5. The Kier molecular flexibility index (Phi) is 5.28. The first-order valence-electron chi connectivity index (χ1n) is 6.88. The molecule has 1 heterocycles. The zero-order valence-electron chi connectivity index (χ0n) is 13.0. The third kappa shape index (κ3) is 3.93. The summed E-state index contributed by atoms with van der Waals surface area (Å²) >= 11 is 0. The average molecular weight is 298 g/mol. The number of rotatable bonds is 7. The van der Waals surface area contributed by atoms with Gasteiger partial charge in [0.1, 0.15) is 11.7 Å². The number of aliphatic carboxylic acids is 1. The van der Waals surface area contributed by atoms with Gasteiger partial charge in [0.25, 0.3) is 0 Å². The molecular weight excluding hydrogens is 276 g/mol. The third-order valence-corrected chi connectivity index (χ3v) is 3.04. The lowest BCUT2D eigenvalue weighted by Gasteiger charge is -2.19. The molecule has 0 saturated heterocycles. The van der Waals surface area contributed by atoms with E-state index in [2.05, 4.69) is 10.4 Å². The molecule has 118 valence electrons. The summed E-state index contributed by atoms with van der Waals surface area (Å²) in [6, 6.07) is -1.01. The highest BCUT2D eigenvalue weighted by molar-refractivity contribution is 5.78. The van der Waals surface area contributed by atoms with E-state index >= 15 is 0 Å². The number of hydrogen-bond donors (Lipinski definition) is 2. The van der Waals surface area contributed by atoms with E-state index in [1.54, 1.807) is 6.92 Å². The van der Waals surface area contributed by atoms with E-state index in [1.807, 2.05) is 27.7 Å². The quantitative estimate of drug-likeness (QED) is 0.591. The van der Waals surface area contributed by atoms with Crippen molar-refractivity contribution in [3.05, 3.63) is 15.8 Å². The van der Waals surface area contributed by atoms with Crippen molar-refractivity contribution < 1.29 is 14.8 Å². The summed E-state index contributed by atoms with van der Waals surface area (Å²) in [5.41, 5.74) is 0.101. The highest BCUT2D eigenvalue weighted by Crippen LogP contribution is 2.31. The van der Waals surface area contributed by atoms with E-state index in [0.29, 0.717) is 6.42 Å². The lowest BCUT2D eigenvalue weighted by atomic mass is 10.0. The van der Waals surface area contributed by atoms with Crippen molar-refractivity contribution in [2.45, 2.75) is 53.1 Å². The molecule has 8 nitrogen and oxygen atoms in total. The Labute approximate surface area is 123 Å². The summed E-state index contributed by atoms with van der Waals surface area (Å²) in [7, 11) is 0. The molecule has 21 heavy (non-hydrogen) atoms. The van der Waals surface area contributed by atoms with Crippen LogP contribution in [0.3, 0.4) is 0 Å². The van der Waals surface area contributed by atoms with E-state index in [4.69, 9.17) is 0 Å². The second kappa shape index (κ2) is 6.55. The standard InChI is InChI=1S/C13H22N4O4/c1-7(2)6-10(13(18)19)14-12-11(17(20)21)9(5)15-16(12)8(3)4/h7-8,10,14H,6H2,1-5H3,(H,18,19). The summed E-state index contributed by atoms with van der Waals surface area (Å²) in [6.07, 6.45) is 0.370. The van der Waals surface area contributed by atoms with Crippen molar-refractivity contribution in [2.24, 2.45) is 5.92 Å². The first-order chi connectivity index (χ1) is 9.65. The van der Waals surface area contributed by atoms with Crippen molar-refractivity contribution in [3.8, 4) is 0 Å². The van der Waals surface area contributed by atoms with E-state index in [0.717, 1.165) is 0 Å². The zero-order valence-corrected chi connectivity index (χ0v) is 13.0. The van der Waals surface area contributed by atoms with Gasteiger partial charge in [0.15, 0.2) is 0 Å². The SMILES string of the molecule is Cc1nn(C(C)C)c(NC(CC(C)C)C(=O)O)c1[N+](=O)[O-]. The van der Waals surface area contributed by atoms with Gasteiger partial charge in [0.05, 0.1) is 4.92 Å². The van der Waals surface area contributed by atoms with Crippen molar-refractivity contribution >= 4 is 17.5 Å². The van der Waals surface area contributed by atoms with Crippen LogP contribution in [0.1, 0.15) is 45.9 Å². The normalized spacial score (nSPS) is 12.7. The fourth-order valence-electron chi connectivity index (χ4n) is 2.12. The van der Waals surface area contributed by atoms with Crippen LogP contribution in [-0.2, 0) is 4.79 Å². The largest absolute Gasteiger partial charge is 0.480 e. The van der Waals surface area contributed by atoms with Crippen molar-refractivity contribution in [2.75, 3.05) is 5.32 Å². The second-order valence-corrected chi connectivity index (χ2v) is 5.74. The smallest absolute Gasteiger partial charge is 0.333 e. The molecule has 0 radical (unpaired) electrons. The van der Waals surface area contributed by atoms with Gasteiger partial charge in [-0.05, 0) is 33.1 Å². The maximum absolute atomic E-state index is 11.3. The van der Waals surface area contributed by atoms with Crippen LogP contribution in [0.15, 0.2) is 0 Å². The number of nitrogens with one attached hydrogen (secondary N) is 1. The third-order valence-electron chi connectivity index (χ3n) is 3.04. The predicted octanol–water partition coefficient (Wildman–Crippen LogP) is 2.59. The number of carbonyl (C=O) groups is 1. The van der Waals surface area contributed by atoms with Gasteiger partial charge in [-0.15, -0.1) is 0 Å². The molecule has 1 unspecified atom stereocenters. The highest BCUT2D eigenvalue weighted by atomic mass is 16.6. The average Bonchev–Trinajstić information content (AvgIpc) is 2.64. The lowest BCUT2D eigenvalue weighted by Crippen LogP contribution is -2.32. The van der Waals surface area contributed by atoms with Gasteiger partial charge in [0, 0.05) is 6.04 Å². The zero-order chi connectivity index (χ0) is 16.3. The molecule has 0 aromatic carbocycles. The molecule has 2 N–H and O–H groups in total. The van der Waals surface area contributed by atoms with Crippen molar-refractivity contribution in [3.63, 3.8) is 0 Å². The molecular formula is C13H22N4O4. The first kappa shape index (κ1) is 16.9. The summed E-state index contributed by atoms with van der Waals surface area (Å²) in [6.45, 7) is 9.01. The Balaban J connectivity index is 3.26. The Bertz CT molecular complexity index is 537. The number of nitrogens with zero attached hydrogens (tertiary/aromatic N) is 3. The van der Waals surface area contributed by atoms with Gasteiger partial charge in [-0.25, -0.2) is 9.48 Å². The van der Waals surface area contributed by atoms with Crippen molar-refractivity contribution in [1.29, 1.82) is 0 Å². The molecule has 0 aliphatic rings. The first-order valence-corrected chi connectivity index (χ1v) is 6.88. The molecule has 0 aliphatic heterocycles. The summed E-state index contributed by atoms with van der Waals surface area (Å²) in [5.74, 6) is -0.734. The van der Waals surface area contributed by atoms with Crippen LogP contribution in [0.2, 0.25) is 0 Å². The molecule has 0 bridgehead atoms. The molecule has 0 amide bonds. The second-order valence-electron chi connectivity index (χ2n) is 5.74. The number of aromatic nitrogens is 2. The predicted molar refractivity (Wildman–Crippen MR) is 78.5 cm³/mol. The number of aryl methyl sites for hydroxylation is 1. The van der Waals surface area contributed by atoms with Crippen LogP contribution >= 0.6 is 0 Å². The number of nitro groups is 1. The minimum atomic E-state index is -1.04. The molecule has 0 aliphatic carbocycles. The topological polar surface area (TPSA) is 110 Å². The van der Waals surface area contributed by atoms with Gasteiger partial charge in [0.2, 0.25) is 5.82 Å². The minimum absolute atomic E-state index is 0.117. The number of carboxylic acids is 1. The van der Waals surface area contributed by atoms with E-state index in [-0.39, 0.29) is 29.2 Å². The fraction of sp³-hybridized carbons (Fsp3) is 0.692. The highest BCUT2D eigenvalue weighted by Gasteiger charge is 2.30. The van der Waals surface area contributed by atoms with E-state index in [9.17, 15) is 20.0 Å². The molecule has 1 aromatic heterocycles. The van der Waals surface area contributed by atoms with Crippen LogP contribution < -0.4 is 5.32 Å². The van der Waals surface area contributed by atoms with Crippen molar-refractivity contribution in [1.82, 2.24) is 9.78 Å². The summed E-state index contributed by atoms with van der Waals surface area (Å²) in [4.78, 5) is 22.0. The molecule has 1 atom stereocenters. The van der Waals surface area contributed by atoms with Crippen LogP contribution in [-0.4, -0.2) is 31.8 Å². The maximum atomic E-state index is 11.3. The monoisotopic (exact) mass is 298 g/mol. The summed E-state index contributed by atoms with van der Waals surface area (Å²) in [5, 5.41) is 27.4. The van der Waals surface area contributed by atoms with Gasteiger partial charge in [-0.1, -0.05) is 13.8 Å². The van der Waals surface area contributed by atoms with Gasteiger partial charge < -0.3 is 10.4 Å². The summed E-state index contributed by atoms with van der Waals surface area (Å²) < 4.78 is 1.46. The molecule has 8 heteroatoms. The molecule has 0 fully saturated rings. The Hall–Kier alpha value is -2.12. The Morgan fingerprint density at radius 3 is 2.38 bits per heavy atom. The number of anilines is 1. The minimum Gasteiger partial charge on any atom is -0.480 e. The van der Waals surface area contributed by atoms with Crippen LogP contribution in [0.4, 0.5) is 11.5 Å². The van der Waals surface area contributed by atoms with E-state index < -0.39 is 16.9 Å². The lowest BCUT2D eigenvalue weighted by molar-refractivity contribution is -0.384. The maximum Gasteiger partial charge on any atom is 0.333 e. The van der Waals surface area contributed by atoms with Crippen LogP contribution in [0.25, 0.3) is 0 Å². The van der Waals surface area contributed by atoms with Crippen LogP contribution in [0.5, 0.6) is 0 Å². The van der Waals surface area contributed by atoms with Gasteiger partial charge in [-0.2, -0.15) is 5.10 Å². The number of carboxylic acid groups (broad SMARTS) is 1. The molecule has 0 saturated carbocycles. The molecule has 1 rings (SSSR count).